The topological polar surface area (TPSA) is 120 Å². The predicted molar refractivity (Wildman–Crippen MR) is 124 cm³/mol. The van der Waals surface area contributed by atoms with Crippen molar-refractivity contribution in [1.82, 2.24) is 30.0 Å². The molecular weight excluding hydrogens is 432 g/mol. The van der Waals surface area contributed by atoms with Crippen LogP contribution in [0.2, 0.25) is 5.02 Å². The van der Waals surface area contributed by atoms with Crippen LogP contribution in [0.25, 0.3) is 0 Å². The van der Waals surface area contributed by atoms with Crippen molar-refractivity contribution in [3.05, 3.63) is 59.5 Å². The zero-order chi connectivity index (χ0) is 22.9. The van der Waals surface area contributed by atoms with E-state index in [4.69, 9.17) is 11.6 Å². The number of amides is 1. The maximum atomic E-state index is 12.0. The van der Waals surface area contributed by atoms with Crippen LogP contribution in [0.4, 0.5) is 17.5 Å². The summed E-state index contributed by atoms with van der Waals surface area (Å²) in [6.07, 6.45) is 4.75. The largest absolute Gasteiger partial charge is 0.394 e. The molecule has 0 aliphatic rings. The van der Waals surface area contributed by atoms with Gasteiger partial charge in [0.05, 0.1) is 30.7 Å². The van der Waals surface area contributed by atoms with E-state index in [1.54, 1.807) is 12.4 Å². The number of carbonyl (C=O) groups is 1. The van der Waals surface area contributed by atoms with Crippen LogP contribution in [0.5, 0.6) is 0 Å². The minimum Gasteiger partial charge on any atom is -0.394 e. The van der Waals surface area contributed by atoms with Gasteiger partial charge in [-0.3, -0.25) is 9.48 Å². The highest BCUT2D eigenvalue weighted by atomic mass is 35.5. The molecule has 0 fully saturated rings. The lowest BCUT2D eigenvalue weighted by Crippen LogP contribution is -2.33. The van der Waals surface area contributed by atoms with Crippen LogP contribution in [0.1, 0.15) is 11.6 Å². The number of aliphatic hydroxyl groups excluding tert-OH is 1. The van der Waals surface area contributed by atoms with Gasteiger partial charge in [-0.1, -0.05) is 41.9 Å². The van der Waals surface area contributed by atoms with Crippen LogP contribution < -0.4 is 16.0 Å². The molecule has 0 saturated carbocycles. The fourth-order valence-corrected chi connectivity index (χ4v) is 3.02. The molecule has 1 atom stereocenters. The number of likely N-dealkylation sites (N-methyl/N-ethyl adjacent to an activating group) is 1. The van der Waals surface area contributed by atoms with Gasteiger partial charge in [0.1, 0.15) is 11.6 Å². The van der Waals surface area contributed by atoms with Gasteiger partial charge in [0, 0.05) is 19.3 Å². The third-order valence-electron chi connectivity index (χ3n) is 4.52. The van der Waals surface area contributed by atoms with Crippen LogP contribution in [0, 0.1) is 0 Å². The second-order valence-electron chi connectivity index (χ2n) is 7.39. The Morgan fingerprint density at radius 2 is 2.03 bits per heavy atom. The zero-order valence-electron chi connectivity index (χ0n) is 18.0. The van der Waals surface area contributed by atoms with E-state index in [-0.39, 0.29) is 25.1 Å². The molecule has 1 aromatic carbocycles. The Labute approximate surface area is 191 Å². The molecule has 2 heterocycles. The Hall–Kier alpha value is -3.21. The van der Waals surface area contributed by atoms with Gasteiger partial charge in [-0.05, 0) is 19.7 Å². The van der Waals surface area contributed by atoms with E-state index < -0.39 is 0 Å². The first kappa shape index (κ1) is 23.5. The highest BCUT2D eigenvalue weighted by Crippen LogP contribution is 2.25. The van der Waals surface area contributed by atoms with Crippen LogP contribution in [-0.4, -0.2) is 69.5 Å². The summed E-state index contributed by atoms with van der Waals surface area (Å²) in [7, 11) is 3.89. The van der Waals surface area contributed by atoms with Gasteiger partial charge in [-0.25, -0.2) is 4.98 Å². The first-order valence-electron chi connectivity index (χ1n) is 10.1. The van der Waals surface area contributed by atoms with Gasteiger partial charge in [-0.2, -0.15) is 10.1 Å². The lowest BCUT2D eigenvalue weighted by Gasteiger charge is -2.18. The van der Waals surface area contributed by atoms with Crippen molar-refractivity contribution < 1.29 is 9.90 Å². The summed E-state index contributed by atoms with van der Waals surface area (Å²) in [5.74, 6) is 0.572. The third kappa shape index (κ3) is 6.91. The molecular formula is C21H27ClN8O2. The number of hydrogen-bond donors (Lipinski definition) is 4. The van der Waals surface area contributed by atoms with Gasteiger partial charge in [0.2, 0.25) is 11.9 Å². The second-order valence-corrected chi connectivity index (χ2v) is 7.79. The monoisotopic (exact) mass is 458 g/mol. The number of hydrogen-bond acceptors (Lipinski definition) is 8. The summed E-state index contributed by atoms with van der Waals surface area (Å²) >= 11 is 6.25. The highest BCUT2D eigenvalue weighted by molar-refractivity contribution is 6.32. The lowest BCUT2D eigenvalue weighted by molar-refractivity contribution is -0.121. The Balaban J connectivity index is 1.62. The minimum absolute atomic E-state index is 0.110. The van der Waals surface area contributed by atoms with E-state index in [0.717, 1.165) is 12.1 Å². The molecule has 2 aromatic heterocycles. The van der Waals surface area contributed by atoms with E-state index in [1.165, 1.54) is 10.9 Å². The van der Waals surface area contributed by atoms with Crippen molar-refractivity contribution in [2.75, 3.05) is 44.4 Å². The van der Waals surface area contributed by atoms with Gasteiger partial charge in [-0.15, -0.1) is 0 Å². The first-order valence-corrected chi connectivity index (χ1v) is 10.5. The van der Waals surface area contributed by atoms with Crippen molar-refractivity contribution in [3.63, 3.8) is 0 Å². The molecule has 3 aromatic rings. The van der Waals surface area contributed by atoms with Gasteiger partial charge >= 0.3 is 0 Å². The van der Waals surface area contributed by atoms with Crippen molar-refractivity contribution in [2.45, 2.75) is 12.6 Å². The van der Waals surface area contributed by atoms with Crippen molar-refractivity contribution in [2.24, 2.45) is 0 Å². The summed E-state index contributed by atoms with van der Waals surface area (Å²) in [6, 6.07) is 9.15. The fraction of sp³-hybridized carbons (Fsp3) is 0.333. The molecule has 0 aliphatic heterocycles. The predicted octanol–water partition coefficient (Wildman–Crippen LogP) is 1.89. The average Bonchev–Trinajstić information content (AvgIpc) is 3.20. The Bertz CT molecular complexity index is 1010. The smallest absolute Gasteiger partial charge is 0.241 e. The number of anilines is 3. The molecule has 11 heteroatoms. The van der Waals surface area contributed by atoms with Crippen LogP contribution in [-0.2, 0) is 11.3 Å². The van der Waals surface area contributed by atoms with Gasteiger partial charge in [0.25, 0.3) is 0 Å². The molecule has 10 nitrogen and oxygen atoms in total. The van der Waals surface area contributed by atoms with Crippen LogP contribution in [0.3, 0.4) is 0 Å². The SMILES string of the molecule is CN(C)CCNC(=O)Cn1cc(Nc2ncc(Cl)c(NC(CO)c3ccccc3)n2)cn1. The quantitative estimate of drug-likeness (QED) is 0.344. The third-order valence-corrected chi connectivity index (χ3v) is 4.79. The average molecular weight is 459 g/mol. The van der Waals surface area contributed by atoms with E-state index in [1.807, 2.05) is 49.3 Å². The summed E-state index contributed by atoms with van der Waals surface area (Å²) in [5, 5.41) is 23.3. The molecule has 0 bridgehead atoms. The molecule has 0 aliphatic carbocycles. The van der Waals surface area contributed by atoms with E-state index in [2.05, 4.69) is 31.0 Å². The molecule has 4 N–H and O–H groups in total. The molecule has 1 unspecified atom stereocenters. The van der Waals surface area contributed by atoms with Crippen molar-refractivity contribution in [3.8, 4) is 0 Å². The molecule has 0 radical (unpaired) electrons. The maximum absolute atomic E-state index is 12.0. The number of nitrogens with one attached hydrogen (secondary N) is 3. The number of benzene rings is 1. The van der Waals surface area contributed by atoms with E-state index >= 15 is 0 Å². The first-order chi connectivity index (χ1) is 15.4. The Morgan fingerprint density at radius 3 is 2.75 bits per heavy atom. The molecule has 3 rings (SSSR count). The number of nitrogens with zero attached hydrogens (tertiary/aromatic N) is 5. The summed E-state index contributed by atoms with van der Waals surface area (Å²) < 4.78 is 1.53. The number of aromatic nitrogens is 4. The molecule has 32 heavy (non-hydrogen) atoms. The molecule has 170 valence electrons. The van der Waals surface area contributed by atoms with Crippen molar-refractivity contribution >= 4 is 35.0 Å². The molecule has 0 spiro atoms. The number of aliphatic hydroxyl groups is 1. The Kier molecular flexibility index (Phi) is 8.37. The van der Waals surface area contributed by atoms with E-state index in [0.29, 0.717) is 29.0 Å². The zero-order valence-corrected chi connectivity index (χ0v) is 18.8. The lowest BCUT2D eigenvalue weighted by atomic mass is 10.1. The summed E-state index contributed by atoms with van der Waals surface area (Å²) in [6.45, 7) is 1.32. The number of halogens is 1. The Morgan fingerprint density at radius 1 is 1.25 bits per heavy atom. The molecule has 1 amide bonds. The van der Waals surface area contributed by atoms with Crippen molar-refractivity contribution in [1.29, 1.82) is 0 Å². The van der Waals surface area contributed by atoms with E-state index in [9.17, 15) is 9.90 Å². The number of carbonyl (C=O) groups excluding carboxylic acids is 1. The summed E-state index contributed by atoms with van der Waals surface area (Å²) in [5.41, 5.74) is 1.53. The summed E-state index contributed by atoms with van der Waals surface area (Å²) in [4.78, 5) is 22.6. The highest BCUT2D eigenvalue weighted by Gasteiger charge is 2.14. The minimum atomic E-state index is -0.370. The fourth-order valence-electron chi connectivity index (χ4n) is 2.88. The molecule has 0 saturated heterocycles. The second kappa shape index (κ2) is 11.4. The number of rotatable bonds is 11. The van der Waals surface area contributed by atoms with Gasteiger partial charge in [0.15, 0.2) is 5.82 Å². The normalized spacial score (nSPS) is 11.9. The van der Waals surface area contributed by atoms with Crippen LogP contribution >= 0.6 is 11.6 Å². The standard InChI is InChI=1S/C21H27ClN8O2/c1-29(2)9-8-23-19(32)13-30-12-16(10-25-30)26-21-24-11-17(22)20(28-21)27-18(14-31)15-6-4-3-5-7-15/h3-7,10-12,18,31H,8-9,13-14H2,1-2H3,(H,23,32)(H2,24,26,27,28). The maximum Gasteiger partial charge on any atom is 0.241 e. The van der Waals surface area contributed by atoms with Gasteiger partial charge < -0.3 is 26.0 Å². The van der Waals surface area contributed by atoms with Crippen LogP contribution in [0.15, 0.2) is 48.9 Å².